The number of hydrogen-bond acceptors (Lipinski definition) is 4. The first-order valence-corrected chi connectivity index (χ1v) is 11.6. The van der Waals surface area contributed by atoms with E-state index in [0.717, 1.165) is 23.9 Å². The van der Waals surface area contributed by atoms with E-state index >= 15 is 0 Å². The summed E-state index contributed by atoms with van der Waals surface area (Å²) in [6.45, 7) is 6.63. The molecule has 0 bridgehead atoms. The summed E-state index contributed by atoms with van der Waals surface area (Å²) in [6, 6.07) is 9.43. The molecule has 0 aliphatic carbocycles. The van der Waals surface area contributed by atoms with Crippen LogP contribution in [0.4, 0.5) is 13.2 Å². The Morgan fingerprint density at radius 2 is 2.00 bits per heavy atom. The SMILES string of the molecule is C=C(/C=C/c1ccc(-n2cnc(C)c2)c(OC)n1)N=C1C(c2ccccc2C(F)(F)F)CCCN1C. The molecule has 188 valence electrons. The number of hydrogen-bond donors (Lipinski definition) is 0. The molecule has 6 nitrogen and oxygen atoms in total. The highest BCUT2D eigenvalue weighted by atomic mass is 19.4. The van der Waals surface area contributed by atoms with Crippen molar-refractivity contribution in [1.29, 1.82) is 0 Å². The van der Waals surface area contributed by atoms with E-state index in [2.05, 4.69) is 21.5 Å². The average Bonchev–Trinajstić information content (AvgIpc) is 3.29. The number of alkyl halides is 3. The zero-order valence-electron chi connectivity index (χ0n) is 20.5. The number of allylic oxidation sites excluding steroid dienone is 1. The number of methoxy groups -OCH3 is 1. The Bertz CT molecular complexity index is 1310. The van der Waals surface area contributed by atoms with Crippen LogP contribution >= 0.6 is 0 Å². The van der Waals surface area contributed by atoms with Crippen LogP contribution < -0.4 is 4.74 Å². The first-order chi connectivity index (χ1) is 17.2. The van der Waals surface area contributed by atoms with E-state index in [0.29, 0.717) is 36.1 Å². The van der Waals surface area contributed by atoms with Gasteiger partial charge in [-0.15, -0.1) is 0 Å². The van der Waals surface area contributed by atoms with Gasteiger partial charge < -0.3 is 14.2 Å². The van der Waals surface area contributed by atoms with E-state index in [4.69, 9.17) is 4.74 Å². The Hall–Kier alpha value is -3.88. The number of benzene rings is 1. The van der Waals surface area contributed by atoms with E-state index in [-0.39, 0.29) is 5.56 Å². The minimum atomic E-state index is -4.43. The Morgan fingerprint density at radius 3 is 2.69 bits per heavy atom. The molecule has 1 atom stereocenters. The molecule has 1 fully saturated rings. The predicted molar refractivity (Wildman–Crippen MR) is 134 cm³/mol. The van der Waals surface area contributed by atoms with E-state index in [1.165, 1.54) is 6.07 Å². The van der Waals surface area contributed by atoms with E-state index < -0.39 is 17.7 Å². The van der Waals surface area contributed by atoms with Crippen molar-refractivity contribution in [3.8, 4) is 11.6 Å². The lowest BCUT2D eigenvalue weighted by Crippen LogP contribution is -2.38. The monoisotopic (exact) mass is 495 g/mol. The Labute approximate surface area is 208 Å². The predicted octanol–water partition coefficient (Wildman–Crippen LogP) is 6.04. The van der Waals surface area contributed by atoms with Crippen LogP contribution in [0.2, 0.25) is 0 Å². The van der Waals surface area contributed by atoms with Crippen molar-refractivity contribution in [2.45, 2.75) is 31.9 Å². The number of halogens is 3. The van der Waals surface area contributed by atoms with Crippen LogP contribution in [0.3, 0.4) is 0 Å². The first-order valence-electron chi connectivity index (χ1n) is 11.6. The summed E-state index contributed by atoms with van der Waals surface area (Å²) in [5.74, 6) is 0.536. The molecular weight excluding hydrogens is 467 g/mol. The number of amidine groups is 1. The van der Waals surface area contributed by atoms with Gasteiger partial charge in [0.05, 0.1) is 36.1 Å². The second-order valence-electron chi connectivity index (χ2n) is 8.68. The third-order valence-corrected chi connectivity index (χ3v) is 6.08. The molecule has 9 heteroatoms. The lowest BCUT2D eigenvalue weighted by molar-refractivity contribution is -0.138. The fraction of sp³-hybridized carbons (Fsp3) is 0.296. The van der Waals surface area contributed by atoms with Crippen molar-refractivity contribution >= 4 is 11.9 Å². The molecule has 1 aromatic carbocycles. The van der Waals surface area contributed by atoms with Crippen LogP contribution in [-0.4, -0.2) is 46.0 Å². The molecule has 3 heterocycles. The summed E-state index contributed by atoms with van der Waals surface area (Å²) >= 11 is 0. The third kappa shape index (κ3) is 5.50. The second kappa shape index (κ2) is 10.4. The largest absolute Gasteiger partial charge is 0.479 e. The maximum Gasteiger partial charge on any atom is 0.416 e. The van der Waals surface area contributed by atoms with Crippen molar-refractivity contribution in [2.24, 2.45) is 4.99 Å². The zero-order valence-corrected chi connectivity index (χ0v) is 20.5. The number of ether oxygens (including phenoxy) is 1. The number of imidazole rings is 1. The summed E-state index contributed by atoms with van der Waals surface area (Å²) in [7, 11) is 3.40. The number of piperidine rings is 1. The van der Waals surface area contributed by atoms with Gasteiger partial charge in [-0.3, -0.25) is 0 Å². The fourth-order valence-corrected chi connectivity index (χ4v) is 4.37. The highest BCUT2D eigenvalue weighted by Crippen LogP contribution is 2.39. The zero-order chi connectivity index (χ0) is 25.9. The van der Waals surface area contributed by atoms with Gasteiger partial charge in [-0.05, 0) is 55.7 Å². The fourth-order valence-electron chi connectivity index (χ4n) is 4.37. The number of likely N-dealkylation sites (N-methyl/N-ethyl adjacent to an activating group) is 1. The van der Waals surface area contributed by atoms with E-state index in [1.54, 1.807) is 37.7 Å². The smallest absolute Gasteiger partial charge is 0.416 e. The van der Waals surface area contributed by atoms with Gasteiger partial charge in [0.15, 0.2) is 0 Å². The topological polar surface area (TPSA) is 55.5 Å². The van der Waals surface area contributed by atoms with Gasteiger partial charge in [0.1, 0.15) is 11.5 Å². The second-order valence-corrected chi connectivity index (χ2v) is 8.68. The minimum absolute atomic E-state index is 0.240. The van der Waals surface area contributed by atoms with Crippen molar-refractivity contribution in [1.82, 2.24) is 19.4 Å². The summed E-state index contributed by atoms with van der Waals surface area (Å²) in [5, 5.41) is 0. The van der Waals surface area contributed by atoms with E-state index in [9.17, 15) is 13.2 Å². The van der Waals surface area contributed by atoms with Crippen LogP contribution in [0.25, 0.3) is 11.8 Å². The minimum Gasteiger partial charge on any atom is -0.479 e. The van der Waals surface area contributed by atoms with Gasteiger partial charge in [0.2, 0.25) is 5.88 Å². The van der Waals surface area contributed by atoms with Crippen LogP contribution in [0, 0.1) is 6.92 Å². The standard InChI is InChI=1S/C27H28F3N5O/c1-18(11-12-20-13-14-24(26(33-20)36-4)35-16-19(2)31-17-35)32-25-22(9-7-15-34(25)3)21-8-5-6-10-23(21)27(28,29)30/h5-6,8,10-14,16-17,22H,1,7,9,15H2,2-4H3/b12-11+,32-25?. The van der Waals surface area contributed by atoms with Crippen molar-refractivity contribution in [3.63, 3.8) is 0 Å². The molecule has 3 aromatic rings. The molecule has 0 saturated carbocycles. The average molecular weight is 496 g/mol. The molecule has 36 heavy (non-hydrogen) atoms. The van der Waals surface area contributed by atoms with Gasteiger partial charge in [-0.1, -0.05) is 24.8 Å². The number of aryl methyl sites for hydroxylation is 1. The van der Waals surface area contributed by atoms with Crippen LogP contribution in [0.5, 0.6) is 5.88 Å². The number of pyridine rings is 1. The number of aliphatic imine (C=N–C) groups is 1. The molecule has 2 aromatic heterocycles. The van der Waals surface area contributed by atoms with Gasteiger partial charge in [-0.2, -0.15) is 13.2 Å². The quantitative estimate of drug-likeness (QED) is 0.392. The Morgan fingerprint density at radius 1 is 1.22 bits per heavy atom. The maximum absolute atomic E-state index is 13.7. The van der Waals surface area contributed by atoms with Gasteiger partial charge in [0, 0.05) is 25.7 Å². The maximum atomic E-state index is 13.7. The lowest BCUT2D eigenvalue weighted by atomic mass is 9.86. The number of aromatic nitrogens is 3. The van der Waals surface area contributed by atoms with Crippen molar-refractivity contribution < 1.29 is 17.9 Å². The molecule has 1 unspecified atom stereocenters. The highest BCUT2D eigenvalue weighted by molar-refractivity contribution is 5.91. The summed E-state index contributed by atoms with van der Waals surface area (Å²) in [6.07, 6.45) is 3.95. The lowest BCUT2D eigenvalue weighted by Gasteiger charge is -2.34. The third-order valence-electron chi connectivity index (χ3n) is 6.08. The summed E-state index contributed by atoms with van der Waals surface area (Å²) in [4.78, 5) is 15.3. The molecule has 1 aliphatic heterocycles. The molecular formula is C27H28F3N5O. The van der Waals surface area contributed by atoms with E-state index in [1.807, 2.05) is 41.8 Å². The van der Waals surface area contributed by atoms with Gasteiger partial charge in [-0.25, -0.2) is 15.0 Å². The molecule has 0 radical (unpaired) electrons. The molecule has 0 amide bonds. The molecule has 1 saturated heterocycles. The normalized spacial score (nSPS) is 17.7. The Kier molecular flexibility index (Phi) is 7.28. The summed E-state index contributed by atoms with van der Waals surface area (Å²) in [5.41, 5.74) is 2.30. The number of rotatable bonds is 6. The van der Waals surface area contributed by atoms with Crippen molar-refractivity contribution in [2.75, 3.05) is 20.7 Å². The van der Waals surface area contributed by atoms with Crippen molar-refractivity contribution in [3.05, 3.63) is 89.8 Å². The molecule has 0 spiro atoms. The first kappa shape index (κ1) is 25.2. The van der Waals surface area contributed by atoms with Gasteiger partial charge in [0.25, 0.3) is 0 Å². The molecule has 4 rings (SSSR count). The van der Waals surface area contributed by atoms with Crippen LogP contribution in [0.15, 0.2) is 72.3 Å². The number of likely N-dealkylation sites (tertiary alicyclic amines) is 1. The summed E-state index contributed by atoms with van der Waals surface area (Å²) < 4.78 is 48.4. The number of nitrogens with zero attached hydrogens (tertiary/aromatic N) is 5. The molecule has 1 aliphatic rings. The highest BCUT2D eigenvalue weighted by Gasteiger charge is 2.37. The van der Waals surface area contributed by atoms with Gasteiger partial charge >= 0.3 is 6.18 Å². The van der Waals surface area contributed by atoms with Crippen LogP contribution in [0.1, 0.15) is 41.3 Å². The molecule has 0 N–H and O–H groups in total. The van der Waals surface area contributed by atoms with Crippen LogP contribution in [-0.2, 0) is 6.18 Å². The Balaban J connectivity index is 1.60.